The van der Waals surface area contributed by atoms with Gasteiger partial charge in [0.25, 0.3) is 0 Å². The number of nitrogens with zero attached hydrogens (tertiary/aromatic N) is 1. The number of methoxy groups -OCH3 is 2. The fourth-order valence-corrected chi connectivity index (χ4v) is 4.10. The van der Waals surface area contributed by atoms with Crippen molar-refractivity contribution in [1.82, 2.24) is 4.90 Å². The molecule has 1 aromatic carbocycles. The van der Waals surface area contributed by atoms with Gasteiger partial charge in [0.1, 0.15) is 5.76 Å². The second kappa shape index (κ2) is 8.85. The first-order valence-corrected chi connectivity index (χ1v) is 9.60. The zero-order valence-corrected chi connectivity index (χ0v) is 15.8. The van der Waals surface area contributed by atoms with Crippen molar-refractivity contribution in [2.24, 2.45) is 0 Å². The number of rotatable bonds is 5. The SMILES string of the molecule is COc1ccc(/C=C/C(=O)N2CCSC(c3ccco3)CC2)cc1OC. The number of amides is 1. The molecule has 0 bridgehead atoms. The summed E-state index contributed by atoms with van der Waals surface area (Å²) in [5.41, 5.74) is 0.897. The Balaban J connectivity index is 1.61. The lowest BCUT2D eigenvalue weighted by Gasteiger charge is -2.18. The number of benzene rings is 1. The molecule has 0 saturated carbocycles. The van der Waals surface area contributed by atoms with Gasteiger partial charge in [0.15, 0.2) is 11.5 Å². The first-order valence-electron chi connectivity index (χ1n) is 8.55. The molecular weight excluding hydrogens is 350 g/mol. The summed E-state index contributed by atoms with van der Waals surface area (Å²) in [7, 11) is 3.20. The summed E-state index contributed by atoms with van der Waals surface area (Å²) in [6.45, 7) is 1.48. The van der Waals surface area contributed by atoms with Gasteiger partial charge in [0, 0.05) is 24.9 Å². The van der Waals surface area contributed by atoms with E-state index < -0.39 is 0 Å². The minimum Gasteiger partial charge on any atom is -0.493 e. The second-order valence-electron chi connectivity index (χ2n) is 5.94. The monoisotopic (exact) mass is 373 g/mol. The first-order chi connectivity index (χ1) is 12.7. The average Bonchev–Trinajstić information content (AvgIpc) is 3.10. The molecule has 1 unspecified atom stereocenters. The molecule has 2 aromatic rings. The van der Waals surface area contributed by atoms with Gasteiger partial charge in [0.2, 0.25) is 5.91 Å². The standard InChI is InChI=1S/C20H23NO4S/c1-23-16-7-5-15(14-18(16)24-2)6-8-20(22)21-10-9-19(26-13-11-21)17-4-3-12-25-17/h3-8,12,14,19H,9-11,13H2,1-2H3/b8-6+. The van der Waals surface area contributed by atoms with Crippen molar-refractivity contribution in [2.45, 2.75) is 11.7 Å². The summed E-state index contributed by atoms with van der Waals surface area (Å²) < 4.78 is 16.0. The van der Waals surface area contributed by atoms with Crippen molar-refractivity contribution in [3.63, 3.8) is 0 Å². The summed E-state index contributed by atoms with van der Waals surface area (Å²) >= 11 is 1.84. The minimum atomic E-state index is 0.0282. The van der Waals surface area contributed by atoms with Gasteiger partial charge in [-0.15, -0.1) is 11.8 Å². The molecule has 1 amide bonds. The molecule has 1 aliphatic heterocycles. The topological polar surface area (TPSA) is 51.9 Å². The Labute approximate surface area is 158 Å². The van der Waals surface area contributed by atoms with Gasteiger partial charge in [-0.05, 0) is 42.3 Å². The molecule has 5 nitrogen and oxygen atoms in total. The van der Waals surface area contributed by atoms with Crippen LogP contribution in [0.15, 0.2) is 47.1 Å². The second-order valence-corrected chi connectivity index (χ2v) is 7.25. The number of hydrogen-bond acceptors (Lipinski definition) is 5. The van der Waals surface area contributed by atoms with Crippen molar-refractivity contribution in [3.05, 3.63) is 54.0 Å². The number of hydrogen-bond donors (Lipinski definition) is 0. The van der Waals surface area contributed by atoms with Gasteiger partial charge in [0.05, 0.1) is 25.7 Å². The van der Waals surface area contributed by atoms with Crippen molar-refractivity contribution < 1.29 is 18.7 Å². The zero-order chi connectivity index (χ0) is 18.4. The van der Waals surface area contributed by atoms with Crippen LogP contribution in [0.4, 0.5) is 0 Å². The number of ether oxygens (including phenoxy) is 2. The molecule has 1 fully saturated rings. The predicted molar refractivity (Wildman–Crippen MR) is 104 cm³/mol. The average molecular weight is 373 g/mol. The molecule has 1 saturated heterocycles. The largest absolute Gasteiger partial charge is 0.493 e. The van der Waals surface area contributed by atoms with Gasteiger partial charge in [-0.2, -0.15) is 0 Å². The van der Waals surface area contributed by atoms with E-state index in [-0.39, 0.29) is 5.91 Å². The van der Waals surface area contributed by atoms with Crippen LogP contribution in [0.25, 0.3) is 6.08 Å². The van der Waals surface area contributed by atoms with Crippen LogP contribution in [0, 0.1) is 0 Å². The molecule has 6 heteroatoms. The summed E-state index contributed by atoms with van der Waals surface area (Å²) in [6, 6.07) is 9.51. The third-order valence-corrected chi connectivity index (χ3v) is 5.63. The van der Waals surface area contributed by atoms with Crippen LogP contribution in [0.5, 0.6) is 11.5 Å². The van der Waals surface area contributed by atoms with Crippen molar-refractivity contribution >= 4 is 23.7 Å². The van der Waals surface area contributed by atoms with E-state index in [4.69, 9.17) is 13.9 Å². The molecule has 138 valence electrons. The van der Waals surface area contributed by atoms with Gasteiger partial charge in [-0.1, -0.05) is 6.07 Å². The fourth-order valence-electron chi connectivity index (χ4n) is 2.92. The molecule has 2 heterocycles. The Morgan fingerprint density at radius 1 is 1.23 bits per heavy atom. The molecule has 1 atom stereocenters. The van der Waals surface area contributed by atoms with Crippen LogP contribution in [-0.4, -0.2) is 43.9 Å². The van der Waals surface area contributed by atoms with Gasteiger partial charge >= 0.3 is 0 Å². The van der Waals surface area contributed by atoms with Crippen LogP contribution < -0.4 is 9.47 Å². The summed E-state index contributed by atoms with van der Waals surface area (Å²) in [4.78, 5) is 14.4. The van der Waals surface area contributed by atoms with Crippen LogP contribution in [0.3, 0.4) is 0 Å². The first kappa shape index (κ1) is 18.5. The van der Waals surface area contributed by atoms with Crippen molar-refractivity contribution in [2.75, 3.05) is 33.1 Å². The molecule has 0 radical (unpaired) electrons. The maximum absolute atomic E-state index is 12.5. The number of thioether (sulfide) groups is 1. The van der Waals surface area contributed by atoms with Gasteiger partial charge in [-0.25, -0.2) is 0 Å². The van der Waals surface area contributed by atoms with E-state index in [1.165, 1.54) is 0 Å². The molecule has 1 aromatic heterocycles. The van der Waals surface area contributed by atoms with Gasteiger partial charge < -0.3 is 18.8 Å². The van der Waals surface area contributed by atoms with Crippen molar-refractivity contribution in [1.29, 1.82) is 0 Å². The highest BCUT2D eigenvalue weighted by molar-refractivity contribution is 7.99. The lowest BCUT2D eigenvalue weighted by atomic mass is 10.2. The summed E-state index contributed by atoms with van der Waals surface area (Å²) in [6.07, 6.45) is 6.04. The number of carbonyl (C=O) groups is 1. The van der Waals surface area contributed by atoms with E-state index in [9.17, 15) is 4.79 Å². The summed E-state index contributed by atoms with van der Waals surface area (Å²) in [5.74, 6) is 3.24. The quantitative estimate of drug-likeness (QED) is 0.741. The minimum absolute atomic E-state index is 0.0282. The molecule has 0 N–H and O–H groups in total. The third kappa shape index (κ3) is 4.43. The van der Waals surface area contributed by atoms with E-state index >= 15 is 0 Å². The molecule has 1 aliphatic rings. The van der Waals surface area contributed by atoms with Crippen LogP contribution in [-0.2, 0) is 4.79 Å². The third-order valence-electron chi connectivity index (χ3n) is 4.34. The Bertz CT molecular complexity index is 757. The van der Waals surface area contributed by atoms with Crippen LogP contribution >= 0.6 is 11.8 Å². The lowest BCUT2D eigenvalue weighted by Crippen LogP contribution is -2.31. The molecule has 26 heavy (non-hydrogen) atoms. The Hall–Kier alpha value is -2.34. The fraction of sp³-hybridized carbons (Fsp3) is 0.350. The van der Waals surface area contributed by atoms with E-state index in [2.05, 4.69) is 0 Å². The smallest absolute Gasteiger partial charge is 0.246 e. The van der Waals surface area contributed by atoms with E-state index in [0.717, 1.165) is 36.6 Å². The maximum atomic E-state index is 12.5. The number of carbonyl (C=O) groups excluding carboxylic acids is 1. The highest BCUT2D eigenvalue weighted by Gasteiger charge is 2.22. The van der Waals surface area contributed by atoms with Crippen molar-refractivity contribution in [3.8, 4) is 11.5 Å². The summed E-state index contributed by atoms with van der Waals surface area (Å²) in [5, 5.41) is 0.317. The van der Waals surface area contributed by atoms with E-state index in [0.29, 0.717) is 16.7 Å². The molecule has 0 aliphatic carbocycles. The molecule has 0 spiro atoms. The molecule has 3 rings (SSSR count). The highest BCUT2D eigenvalue weighted by Crippen LogP contribution is 2.34. The number of furan rings is 1. The Kier molecular flexibility index (Phi) is 6.28. The predicted octanol–water partition coefficient (Wildman–Crippen LogP) is 4.02. The van der Waals surface area contributed by atoms with E-state index in [1.807, 2.05) is 53.1 Å². The van der Waals surface area contributed by atoms with E-state index in [1.54, 1.807) is 26.6 Å². The Morgan fingerprint density at radius 3 is 2.81 bits per heavy atom. The Morgan fingerprint density at radius 2 is 2.08 bits per heavy atom. The maximum Gasteiger partial charge on any atom is 0.246 e. The van der Waals surface area contributed by atoms with Crippen LogP contribution in [0.1, 0.15) is 23.0 Å². The zero-order valence-electron chi connectivity index (χ0n) is 15.0. The molecular formula is C20H23NO4S. The lowest BCUT2D eigenvalue weighted by molar-refractivity contribution is -0.125. The highest BCUT2D eigenvalue weighted by atomic mass is 32.2. The van der Waals surface area contributed by atoms with Gasteiger partial charge in [-0.3, -0.25) is 4.79 Å². The normalized spacial score (nSPS) is 17.9. The van der Waals surface area contributed by atoms with Crippen LogP contribution in [0.2, 0.25) is 0 Å².